The third kappa shape index (κ3) is 6.19. The topological polar surface area (TPSA) is 108 Å². The molecule has 0 bridgehead atoms. The van der Waals surface area contributed by atoms with Gasteiger partial charge in [0.15, 0.2) is 0 Å². The lowest BCUT2D eigenvalue weighted by Gasteiger charge is -2.22. The first-order valence-electron chi connectivity index (χ1n) is 8.45. The van der Waals surface area contributed by atoms with Gasteiger partial charge in [-0.15, -0.1) is 0 Å². The van der Waals surface area contributed by atoms with Gasteiger partial charge in [-0.1, -0.05) is 24.3 Å². The Morgan fingerprint density at radius 2 is 2.04 bits per heavy atom. The summed E-state index contributed by atoms with van der Waals surface area (Å²) in [6.07, 6.45) is 3.15. The quantitative estimate of drug-likeness (QED) is 0.650. The van der Waals surface area contributed by atoms with E-state index in [2.05, 4.69) is 16.0 Å². The Morgan fingerprint density at radius 3 is 2.77 bits per heavy atom. The van der Waals surface area contributed by atoms with Crippen LogP contribution in [0.1, 0.15) is 24.8 Å². The Bertz CT molecular complexity index is 693. The van der Waals surface area contributed by atoms with E-state index in [9.17, 15) is 18.8 Å². The number of carboxylic acid groups (broad SMARTS) is 1. The molecule has 4 N–H and O–H groups in total. The maximum absolute atomic E-state index is 13.9. The molecule has 1 aromatic rings. The molecule has 0 aliphatic carbocycles. The van der Waals surface area contributed by atoms with Crippen LogP contribution in [0.5, 0.6) is 0 Å². The van der Waals surface area contributed by atoms with Gasteiger partial charge in [0.2, 0.25) is 11.8 Å². The Labute approximate surface area is 150 Å². The molecule has 8 heteroatoms. The summed E-state index contributed by atoms with van der Waals surface area (Å²) in [6, 6.07) is 4.60. The van der Waals surface area contributed by atoms with Crippen LogP contribution in [0.4, 0.5) is 9.18 Å². The summed E-state index contributed by atoms with van der Waals surface area (Å²) in [6.45, 7) is 0.433. The summed E-state index contributed by atoms with van der Waals surface area (Å²) in [5, 5.41) is 16.5. The zero-order valence-electron chi connectivity index (χ0n) is 14.2. The van der Waals surface area contributed by atoms with E-state index in [0.717, 1.165) is 0 Å². The molecule has 0 radical (unpaired) electrons. The van der Waals surface area contributed by atoms with Gasteiger partial charge in [-0.2, -0.15) is 0 Å². The number of nitrogens with one attached hydrogen (secondary N) is 3. The smallest absolute Gasteiger partial charge is 0.405 e. The van der Waals surface area contributed by atoms with Crippen LogP contribution in [0.25, 0.3) is 0 Å². The second-order valence-electron chi connectivity index (χ2n) is 6.06. The molecule has 2 rings (SSSR count). The Hall–Kier alpha value is -2.90. The van der Waals surface area contributed by atoms with Crippen LogP contribution < -0.4 is 16.0 Å². The molecule has 0 saturated carbocycles. The van der Waals surface area contributed by atoms with Crippen molar-refractivity contribution in [2.24, 2.45) is 0 Å². The molecule has 0 fully saturated rings. The standard InChI is InChI=1S/C18H22FN3O4/c19-14-6-2-1-5-12(14)11-13-8-9-16(23)20-10-4-3-7-15(17(24)21-13)22-18(25)26/h1-2,5-6,8-9,13,15,22H,3-4,7,10-11H2,(H,20,23)(H,21,24)(H,25,26)/b9-8+/t13-,15+/m1/s1. The van der Waals surface area contributed by atoms with Gasteiger partial charge in [0, 0.05) is 12.6 Å². The van der Waals surface area contributed by atoms with Crippen LogP contribution in [-0.4, -0.2) is 41.6 Å². The summed E-state index contributed by atoms with van der Waals surface area (Å²) < 4.78 is 13.9. The molecule has 26 heavy (non-hydrogen) atoms. The number of rotatable bonds is 3. The van der Waals surface area contributed by atoms with Crippen LogP contribution in [0.2, 0.25) is 0 Å². The van der Waals surface area contributed by atoms with Crippen molar-refractivity contribution in [1.29, 1.82) is 0 Å². The number of carbonyl (C=O) groups is 3. The fourth-order valence-corrected chi connectivity index (χ4v) is 2.72. The van der Waals surface area contributed by atoms with Gasteiger partial charge in [0.25, 0.3) is 0 Å². The van der Waals surface area contributed by atoms with E-state index in [0.29, 0.717) is 31.4 Å². The summed E-state index contributed by atoms with van der Waals surface area (Å²) in [4.78, 5) is 35.2. The molecule has 1 aliphatic rings. The molecule has 0 spiro atoms. The first kappa shape index (κ1) is 19.4. The molecule has 1 aliphatic heterocycles. The van der Waals surface area contributed by atoms with Gasteiger partial charge in [-0.05, 0) is 37.3 Å². The lowest BCUT2D eigenvalue weighted by atomic mass is 10.0. The average Bonchev–Trinajstić information content (AvgIpc) is 2.59. The number of benzene rings is 1. The minimum atomic E-state index is -1.29. The zero-order chi connectivity index (χ0) is 18.9. The molecule has 0 unspecified atom stereocenters. The molecule has 7 nitrogen and oxygen atoms in total. The highest BCUT2D eigenvalue weighted by Crippen LogP contribution is 2.11. The van der Waals surface area contributed by atoms with Crippen molar-refractivity contribution in [3.63, 3.8) is 0 Å². The third-order valence-electron chi connectivity index (χ3n) is 4.04. The molecule has 1 aromatic carbocycles. The van der Waals surface area contributed by atoms with E-state index >= 15 is 0 Å². The molecular weight excluding hydrogens is 341 g/mol. The second kappa shape index (κ2) is 9.55. The Balaban J connectivity index is 2.20. The van der Waals surface area contributed by atoms with Crippen LogP contribution in [0, 0.1) is 5.82 Å². The minimum absolute atomic E-state index is 0.141. The predicted molar refractivity (Wildman–Crippen MR) is 93.0 cm³/mol. The molecule has 0 aromatic heterocycles. The van der Waals surface area contributed by atoms with Crippen molar-refractivity contribution in [2.45, 2.75) is 37.8 Å². The van der Waals surface area contributed by atoms with E-state index in [1.165, 1.54) is 18.2 Å². The van der Waals surface area contributed by atoms with E-state index in [4.69, 9.17) is 5.11 Å². The molecular formula is C18H22FN3O4. The minimum Gasteiger partial charge on any atom is -0.465 e. The van der Waals surface area contributed by atoms with Crippen molar-refractivity contribution in [3.8, 4) is 0 Å². The van der Waals surface area contributed by atoms with E-state index in [1.807, 2.05) is 0 Å². The maximum atomic E-state index is 13.9. The van der Waals surface area contributed by atoms with Crippen molar-refractivity contribution in [2.75, 3.05) is 6.54 Å². The van der Waals surface area contributed by atoms with Crippen molar-refractivity contribution >= 4 is 17.9 Å². The molecule has 1 heterocycles. The third-order valence-corrected chi connectivity index (χ3v) is 4.04. The van der Waals surface area contributed by atoms with Gasteiger partial charge in [0.05, 0.1) is 6.04 Å². The summed E-state index contributed by atoms with van der Waals surface area (Å²) in [7, 11) is 0. The number of hydrogen-bond acceptors (Lipinski definition) is 3. The first-order valence-corrected chi connectivity index (χ1v) is 8.45. The monoisotopic (exact) mass is 363 g/mol. The highest BCUT2D eigenvalue weighted by atomic mass is 19.1. The SMILES string of the molecule is O=C(O)N[C@H]1CCCCNC(=O)/C=C/[C@H](Cc2ccccc2F)NC1=O. The summed E-state index contributed by atoms with van der Waals surface area (Å²) in [5.74, 6) is -1.20. The normalized spacial score (nSPS) is 23.0. The largest absolute Gasteiger partial charge is 0.465 e. The van der Waals surface area contributed by atoms with E-state index in [1.54, 1.807) is 18.2 Å². The summed E-state index contributed by atoms with van der Waals surface area (Å²) >= 11 is 0. The van der Waals surface area contributed by atoms with Gasteiger partial charge < -0.3 is 21.1 Å². The van der Waals surface area contributed by atoms with Crippen LogP contribution >= 0.6 is 0 Å². The predicted octanol–water partition coefficient (Wildman–Crippen LogP) is 1.35. The molecule has 140 valence electrons. The number of amides is 3. The molecule has 3 amide bonds. The lowest BCUT2D eigenvalue weighted by Crippen LogP contribution is -2.49. The molecule has 2 atom stereocenters. The summed E-state index contributed by atoms with van der Waals surface area (Å²) in [5.41, 5.74) is 0.387. The molecule has 0 saturated heterocycles. The van der Waals surface area contributed by atoms with Gasteiger partial charge >= 0.3 is 6.09 Å². The zero-order valence-corrected chi connectivity index (χ0v) is 14.2. The fraction of sp³-hybridized carbons (Fsp3) is 0.389. The second-order valence-corrected chi connectivity index (χ2v) is 6.06. The van der Waals surface area contributed by atoms with Crippen LogP contribution in [-0.2, 0) is 16.0 Å². The van der Waals surface area contributed by atoms with Crippen LogP contribution in [0.3, 0.4) is 0 Å². The fourth-order valence-electron chi connectivity index (χ4n) is 2.72. The van der Waals surface area contributed by atoms with Gasteiger partial charge in [-0.3, -0.25) is 9.59 Å². The van der Waals surface area contributed by atoms with Crippen molar-refractivity contribution in [3.05, 3.63) is 47.8 Å². The van der Waals surface area contributed by atoms with Crippen molar-refractivity contribution < 1.29 is 23.9 Å². The Kier molecular flexibility index (Phi) is 7.13. The average molecular weight is 363 g/mol. The van der Waals surface area contributed by atoms with Crippen LogP contribution in [0.15, 0.2) is 36.4 Å². The maximum Gasteiger partial charge on any atom is 0.405 e. The van der Waals surface area contributed by atoms with Crippen molar-refractivity contribution in [1.82, 2.24) is 16.0 Å². The highest BCUT2D eigenvalue weighted by Gasteiger charge is 2.23. The highest BCUT2D eigenvalue weighted by molar-refractivity contribution is 5.88. The van der Waals surface area contributed by atoms with E-state index in [-0.39, 0.29) is 12.3 Å². The van der Waals surface area contributed by atoms with Gasteiger partial charge in [-0.25, -0.2) is 9.18 Å². The first-order chi connectivity index (χ1) is 12.5. The number of hydrogen-bond donors (Lipinski definition) is 4. The Morgan fingerprint density at radius 1 is 1.27 bits per heavy atom. The number of halogens is 1. The van der Waals surface area contributed by atoms with E-state index < -0.39 is 29.9 Å². The number of carbonyl (C=O) groups excluding carboxylic acids is 2. The van der Waals surface area contributed by atoms with Gasteiger partial charge in [0.1, 0.15) is 11.9 Å². The lowest BCUT2D eigenvalue weighted by molar-refractivity contribution is -0.123.